The van der Waals surface area contributed by atoms with Crippen LogP contribution in [0.5, 0.6) is 0 Å². The number of hydrogen-bond donors (Lipinski definition) is 2. The molecule has 0 aromatic carbocycles. The van der Waals surface area contributed by atoms with Crippen LogP contribution in [0.3, 0.4) is 0 Å². The zero-order valence-electron chi connectivity index (χ0n) is 19.4. The minimum Gasteiger partial charge on any atom is -0.480 e. The standard InChI is InChI=1S/C22H36N2O7S/c1-5-30-21(28)14(4)32-12-16(22(29)31-6-2)23-13(3)19(25)24-17-10-8-7-9-15(17)11-18(24)20(26)27/h13-18,23H,5-12H2,1-4H3,(H,26,27)/t13-,14?,15?,16?,17?,18-/m0/s1. The molecule has 182 valence electrons. The summed E-state index contributed by atoms with van der Waals surface area (Å²) in [7, 11) is 0. The highest BCUT2D eigenvalue weighted by Crippen LogP contribution is 2.40. The summed E-state index contributed by atoms with van der Waals surface area (Å²) in [4.78, 5) is 51.1. The molecule has 6 atom stereocenters. The molecule has 0 spiro atoms. The van der Waals surface area contributed by atoms with E-state index in [1.807, 2.05) is 0 Å². The van der Waals surface area contributed by atoms with Crippen LogP contribution in [0.15, 0.2) is 0 Å². The smallest absolute Gasteiger partial charge is 0.326 e. The number of rotatable bonds is 11. The number of aliphatic carboxylic acids is 1. The zero-order chi connectivity index (χ0) is 23.8. The van der Waals surface area contributed by atoms with Crippen molar-refractivity contribution in [2.75, 3.05) is 19.0 Å². The fraction of sp³-hybridized carbons (Fsp3) is 0.818. The average molecular weight is 473 g/mol. The second-order valence-corrected chi connectivity index (χ2v) is 9.74. The lowest BCUT2D eigenvalue weighted by Crippen LogP contribution is -2.56. The van der Waals surface area contributed by atoms with Gasteiger partial charge in [0.2, 0.25) is 5.91 Å². The first-order chi connectivity index (χ1) is 15.2. The number of fused-ring (bicyclic) bond motifs is 1. The predicted octanol–water partition coefficient (Wildman–Crippen LogP) is 1.83. The fourth-order valence-electron chi connectivity index (χ4n) is 4.59. The monoisotopic (exact) mass is 472 g/mol. The van der Waals surface area contributed by atoms with Crippen LogP contribution in [-0.2, 0) is 28.7 Å². The lowest BCUT2D eigenvalue weighted by molar-refractivity contribution is -0.151. The highest BCUT2D eigenvalue weighted by Gasteiger charge is 2.48. The topological polar surface area (TPSA) is 122 Å². The van der Waals surface area contributed by atoms with Crippen LogP contribution in [0.1, 0.15) is 59.8 Å². The van der Waals surface area contributed by atoms with E-state index in [0.717, 1.165) is 25.7 Å². The zero-order valence-corrected chi connectivity index (χ0v) is 20.2. The van der Waals surface area contributed by atoms with Gasteiger partial charge >= 0.3 is 17.9 Å². The quantitative estimate of drug-likeness (QED) is 0.434. The Kier molecular flexibility index (Phi) is 10.3. The summed E-state index contributed by atoms with van der Waals surface area (Å²) in [5.41, 5.74) is 0. The third-order valence-corrected chi connectivity index (χ3v) is 7.37. The van der Waals surface area contributed by atoms with Gasteiger partial charge in [0.15, 0.2) is 0 Å². The van der Waals surface area contributed by atoms with Gasteiger partial charge in [-0.1, -0.05) is 12.8 Å². The number of hydrogen-bond acceptors (Lipinski definition) is 8. The SMILES string of the molecule is CCOC(=O)C(CSC(C)C(=O)OCC)N[C@@H](C)C(=O)N1C2CCCCC2C[C@H]1C(=O)O. The molecule has 1 heterocycles. The average Bonchev–Trinajstić information content (AvgIpc) is 3.15. The highest BCUT2D eigenvalue weighted by atomic mass is 32.2. The third kappa shape index (κ3) is 6.60. The largest absolute Gasteiger partial charge is 0.480 e. The minimum atomic E-state index is -0.985. The van der Waals surface area contributed by atoms with Crippen LogP contribution >= 0.6 is 11.8 Å². The Bertz CT molecular complexity index is 689. The van der Waals surface area contributed by atoms with E-state index in [1.54, 1.807) is 27.7 Å². The van der Waals surface area contributed by atoms with Gasteiger partial charge in [0.25, 0.3) is 0 Å². The summed E-state index contributed by atoms with van der Waals surface area (Å²) in [5, 5.41) is 12.3. The van der Waals surface area contributed by atoms with Gasteiger partial charge < -0.3 is 19.5 Å². The van der Waals surface area contributed by atoms with E-state index in [0.29, 0.717) is 6.42 Å². The van der Waals surface area contributed by atoms with E-state index in [2.05, 4.69) is 5.32 Å². The first-order valence-corrected chi connectivity index (χ1v) is 12.5. The molecule has 0 bridgehead atoms. The molecule has 0 radical (unpaired) electrons. The Morgan fingerprint density at radius 2 is 1.69 bits per heavy atom. The third-order valence-electron chi connectivity index (χ3n) is 6.15. The van der Waals surface area contributed by atoms with E-state index in [4.69, 9.17) is 9.47 Å². The Morgan fingerprint density at radius 3 is 2.31 bits per heavy atom. The second-order valence-electron chi connectivity index (χ2n) is 8.37. The van der Waals surface area contributed by atoms with Gasteiger partial charge in [-0.25, -0.2) is 4.79 Å². The number of nitrogens with one attached hydrogen (secondary N) is 1. The lowest BCUT2D eigenvalue weighted by atomic mass is 9.84. The minimum absolute atomic E-state index is 0.0687. The number of likely N-dealkylation sites (tertiary alicyclic amines) is 1. The molecule has 10 heteroatoms. The fourth-order valence-corrected chi connectivity index (χ4v) is 5.51. The molecule has 9 nitrogen and oxygen atoms in total. The normalized spacial score (nSPS) is 25.4. The van der Waals surface area contributed by atoms with Crippen molar-refractivity contribution in [2.24, 2.45) is 5.92 Å². The molecule has 4 unspecified atom stereocenters. The molecule has 2 rings (SSSR count). The molecule has 2 fully saturated rings. The molecule has 1 saturated carbocycles. The number of nitrogens with zero attached hydrogens (tertiary/aromatic N) is 1. The molecule has 0 aromatic rings. The summed E-state index contributed by atoms with van der Waals surface area (Å²) in [6.45, 7) is 7.23. The number of carboxylic acid groups (broad SMARTS) is 1. The van der Waals surface area contributed by atoms with Gasteiger partial charge in [-0.3, -0.25) is 19.7 Å². The first kappa shape index (κ1) is 26.4. The van der Waals surface area contributed by atoms with Gasteiger partial charge in [0.1, 0.15) is 12.1 Å². The number of carbonyl (C=O) groups excluding carboxylic acids is 3. The van der Waals surface area contributed by atoms with Crippen LogP contribution in [0, 0.1) is 5.92 Å². The summed E-state index contributed by atoms with van der Waals surface area (Å²) in [6, 6.07) is -2.49. The molecule has 1 aliphatic carbocycles. The number of ether oxygens (including phenoxy) is 2. The van der Waals surface area contributed by atoms with Crippen molar-refractivity contribution in [2.45, 2.75) is 89.2 Å². The molecular formula is C22H36N2O7S. The van der Waals surface area contributed by atoms with Crippen LogP contribution < -0.4 is 5.32 Å². The van der Waals surface area contributed by atoms with E-state index in [1.165, 1.54) is 16.7 Å². The molecular weight excluding hydrogens is 436 g/mol. The first-order valence-electron chi connectivity index (χ1n) is 11.5. The molecule has 1 saturated heterocycles. The molecule has 32 heavy (non-hydrogen) atoms. The maximum absolute atomic E-state index is 13.3. The number of carbonyl (C=O) groups is 4. The Balaban J connectivity index is 2.08. The number of amides is 1. The lowest BCUT2D eigenvalue weighted by Gasteiger charge is -2.35. The van der Waals surface area contributed by atoms with Crippen molar-refractivity contribution in [1.82, 2.24) is 10.2 Å². The maximum Gasteiger partial charge on any atom is 0.326 e. The predicted molar refractivity (Wildman–Crippen MR) is 120 cm³/mol. The molecule has 2 N–H and O–H groups in total. The molecule has 0 aromatic heterocycles. The maximum atomic E-state index is 13.3. The van der Waals surface area contributed by atoms with Crippen molar-refractivity contribution in [3.8, 4) is 0 Å². The van der Waals surface area contributed by atoms with Gasteiger partial charge in [-0.2, -0.15) is 0 Å². The summed E-state index contributed by atoms with van der Waals surface area (Å²) in [5.74, 6) is -1.75. The van der Waals surface area contributed by atoms with Crippen LogP contribution in [-0.4, -0.2) is 82.2 Å². The second kappa shape index (κ2) is 12.4. The van der Waals surface area contributed by atoms with Crippen molar-refractivity contribution >= 4 is 35.6 Å². The van der Waals surface area contributed by atoms with Crippen LogP contribution in [0.25, 0.3) is 0 Å². The van der Waals surface area contributed by atoms with Gasteiger partial charge in [-0.05, 0) is 52.9 Å². The number of esters is 2. The van der Waals surface area contributed by atoms with E-state index < -0.39 is 35.3 Å². The van der Waals surface area contributed by atoms with Gasteiger partial charge in [-0.15, -0.1) is 11.8 Å². The van der Waals surface area contributed by atoms with Crippen LogP contribution in [0.4, 0.5) is 0 Å². The summed E-state index contributed by atoms with van der Waals surface area (Å²) < 4.78 is 10.1. The highest BCUT2D eigenvalue weighted by molar-refractivity contribution is 8.00. The Hall–Kier alpha value is -1.81. The number of carboxylic acids is 1. The Labute approximate surface area is 193 Å². The number of thioether (sulfide) groups is 1. The van der Waals surface area contributed by atoms with Gasteiger partial charge in [0.05, 0.1) is 24.5 Å². The van der Waals surface area contributed by atoms with Crippen molar-refractivity contribution < 1.29 is 33.8 Å². The van der Waals surface area contributed by atoms with E-state index in [9.17, 15) is 24.3 Å². The van der Waals surface area contributed by atoms with E-state index >= 15 is 0 Å². The van der Waals surface area contributed by atoms with Gasteiger partial charge in [0, 0.05) is 11.8 Å². The van der Waals surface area contributed by atoms with E-state index in [-0.39, 0.29) is 42.8 Å². The molecule has 2 aliphatic rings. The van der Waals surface area contributed by atoms with Crippen molar-refractivity contribution in [3.63, 3.8) is 0 Å². The summed E-state index contributed by atoms with van der Waals surface area (Å²) >= 11 is 1.24. The summed E-state index contributed by atoms with van der Waals surface area (Å²) in [6.07, 6.45) is 4.26. The van der Waals surface area contributed by atoms with Crippen molar-refractivity contribution in [3.05, 3.63) is 0 Å². The Morgan fingerprint density at radius 1 is 1.06 bits per heavy atom. The molecule has 1 aliphatic heterocycles. The van der Waals surface area contributed by atoms with Crippen molar-refractivity contribution in [1.29, 1.82) is 0 Å². The molecule has 1 amide bonds. The van der Waals surface area contributed by atoms with Crippen LogP contribution in [0.2, 0.25) is 0 Å².